The highest BCUT2D eigenvalue weighted by Crippen LogP contribution is 2.42. The van der Waals surface area contributed by atoms with Crippen molar-refractivity contribution in [1.82, 2.24) is 4.90 Å². The number of methoxy groups -OCH3 is 1. The predicted octanol–water partition coefficient (Wildman–Crippen LogP) is 5.29. The van der Waals surface area contributed by atoms with Gasteiger partial charge in [0.15, 0.2) is 0 Å². The minimum atomic E-state index is -1.11. The van der Waals surface area contributed by atoms with E-state index in [0.717, 1.165) is 49.2 Å². The van der Waals surface area contributed by atoms with E-state index >= 15 is 0 Å². The lowest BCUT2D eigenvalue weighted by Gasteiger charge is -2.42. The molecule has 0 aromatic heterocycles. The van der Waals surface area contributed by atoms with Crippen molar-refractivity contribution in [2.24, 2.45) is 0 Å². The van der Waals surface area contributed by atoms with Gasteiger partial charge in [-0.25, -0.2) is 0 Å². The number of nitrogens with zero attached hydrogens (tertiary/aromatic N) is 1. The largest absolute Gasteiger partial charge is 0.496 e. The van der Waals surface area contributed by atoms with Crippen LogP contribution in [-0.4, -0.2) is 23.7 Å². The van der Waals surface area contributed by atoms with Gasteiger partial charge in [-0.1, -0.05) is 74.0 Å². The highest BCUT2D eigenvalue weighted by Gasteiger charge is 2.41. The summed E-state index contributed by atoms with van der Waals surface area (Å²) in [6.07, 6.45) is 3.30. The number of benzene rings is 3. The van der Waals surface area contributed by atoms with Crippen molar-refractivity contribution in [3.63, 3.8) is 0 Å². The molecule has 3 aromatic rings. The molecule has 3 nitrogen and oxygen atoms in total. The molecule has 30 heavy (non-hydrogen) atoms. The topological polar surface area (TPSA) is 32.7 Å². The van der Waals surface area contributed by atoms with Gasteiger partial charge in [-0.05, 0) is 47.2 Å². The molecular weight excluding hydrogens is 370 g/mol. The molecule has 3 aromatic carbocycles. The second-order valence-corrected chi connectivity index (χ2v) is 8.29. The van der Waals surface area contributed by atoms with Crippen LogP contribution in [0.5, 0.6) is 5.75 Å². The first-order valence-corrected chi connectivity index (χ1v) is 10.9. The monoisotopic (exact) mass is 401 g/mol. The minimum Gasteiger partial charge on any atom is -0.496 e. The molecule has 0 saturated heterocycles. The van der Waals surface area contributed by atoms with Gasteiger partial charge in [-0.15, -0.1) is 0 Å². The van der Waals surface area contributed by atoms with Crippen molar-refractivity contribution in [2.75, 3.05) is 13.7 Å². The molecule has 0 amide bonds. The fourth-order valence-electron chi connectivity index (χ4n) is 4.57. The van der Waals surface area contributed by atoms with Gasteiger partial charge in [0.05, 0.1) is 7.11 Å². The Morgan fingerprint density at radius 3 is 2.47 bits per heavy atom. The highest BCUT2D eigenvalue weighted by atomic mass is 16.5. The number of hydrogen-bond donors (Lipinski definition) is 1. The van der Waals surface area contributed by atoms with Crippen LogP contribution in [0.1, 0.15) is 47.6 Å². The van der Waals surface area contributed by atoms with Gasteiger partial charge in [0.1, 0.15) is 11.4 Å². The molecule has 0 bridgehead atoms. The molecule has 1 N–H and O–H groups in total. The summed E-state index contributed by atoms with van der Waals surface area (Å²) in [4.78, 5) is 2.33. The molecule has 1 aliphatic rings. The Labute approximate surface area is 179 Å². The molecule has 0 spiro atoms. The van der Waals surface area contributed by atoms with E-state index in [9.17, 15) is 5.11 Å². The summed E-state index contributed by atoms with van der Waals surface area (Å²) >= 11 is 0. The Bertz CT molecular complexity index is 985. The van der Waals surface area contributed by atoms with Crippen LogP contribution < -0.4 is 4.74 Å². The van der Waals surface area contributed by atoms with E-state index in [0.29, 0.717) is 6.54 Å². The van der Waals surface area contributed by atoms with Crippen molar-refractivity contribution in [3.8, 4) is 5.75 Å². The van der Waals surface area contributed by atoms with E-state index in [4.69, 9.17) is 4.74 Å². The van der Waals surface area contributed by atoms with Gasteiger partial charge in [0.25, 0.3) is 0 Å². The quantitative estimate of drug-likeness (QED) is 0.584. The third kappa shape index (κ3) is 4.14. The molecule has 0 radical (unpaired) electrons. The average molecular weight is 402 g/mol. The van der Waals surface area contributed by atoms with Crippen LogP contribution in [0.15, 0.2) is 72.8 Å². The lowest BCUT2D eigenvalue weighted by Crippen LogP contribution is -2.46. The van der Waals surface area contributed by atoms with Crippen molar-refractivity contribution in [1.29, 1.82) is 0 Å². The van der Waals surface area contributed by atoms with Gasteiger partial charge in [-0.3, -0.25) is 4.90 Å². The van der Waals surface area contributed by atoms with Gasteiger partial charge < -0.3 is 9.84 Å². The van der Waals surface area contributed by atoms with E-state index in [1.165, 1.54) is 16.7 Å². The summed E-state index contributed by atoms with van der Waals surface area (Å²) < 4.78 is 5.71. The number of β-amino-alcohol motifs (C(OH)–C–C–N with tert-alkyl or cyclic N) is 1. The Morgan fingerprint density at radius 2 is 1.70 bits per heavy atom. The number of aryl methyl sites for hydroxylation is 1. The van der Waals surface area contributed by atoms with Crippen LogP contribution >= 0.6 is 0 Å². The molecule has 1 aliphatic heterocycles. The van der Waals surface area contributed by atoms with Crippen molar-refractivity contribution < 1.29 is 9.84 Å². The molecule has 1 heterocycles. The predicted molar refractivity (Wildman–Crippen MR) is 122 cm³/mol. The second-order valence-electron chi connectivity index (χ2n) is 8.29. The summed E-state index contributed by atoms with van der Waals surface area (Å²) in [5.41, 5.74) is 4.41. The van der Waals surface area contributed by atoms with Gasteiger partial charge in [0, 0.05) is 25.2 Å². The summed E-state index contributed by atoms with van der Waals surface area (Å²) in [5.74, 6) is 0.745. The Balaban J connectivity index is 1.76. The molecule has 1 atom stereocenters. The first kappa shape index (κ1) is 20.6. The number of aliphatic hydroxyl groups is 1. The average Bonchev–Trinajstić information content (AvgIpc) is 2.78. The van der Waals surface area contributed by atoms with Crippen LogP contribution in [0.3, 0.4) is 0 Å². The Hall–Kier alpha value is -2.62. The molecule has 0 fully saturated rings. The van der Waals surface area contributed by atoms with Crippen molar-refractivity contribution in [3.05, 3.63) is 101 Å². The first-order chi connectivity index (χ1) is 14.6. The third-order valence-electron chi connectivity index (χ3n) is 6.09. The van der Waals surface area contributed by atoms with Crippen LogP contribution in [0.25, 0.3) is 0 Å². The second kappa shape index (κ2) is 9.03. The third-order valence-corrected chi connectivity index (χ3v) is 6.09. The van der Waals surface area contributed by atoms with E-state index in [-0.39, 0.29) is 0 Å². The minimum absolute atomic E-state index is 0.534. The Kier molecular flexibility index (Phi) is 6.21. The molecular formula is C27H31NO2. The zero-order valence-electron chi connectivity index (χ0n) is 18.0. The van der Waals surface area contributed by atoms with E-state index in [2.05, 4.69) is 66.4 Å². The fraction of sp³-hybridized carbons (Fsp3) is 0.333. The molecule has 156 valence electrons. The zero-order chi connectivity index (χ0) is 21.0. The summed E-state index contributed by atoms with van der Waals surface area (Å²) in [6, 6.07) is 25.0. The fourth-order valence-corrected chi connectivity index (χ4v) is 4.57. The van der Waals surface area contributed by atoms with E-state index in [1.807, 2.05) is 18.2 Å². The maximum Gasteiger partial charge on any atom is 0.131 e. The molecule has 0 saturated carbocycles. The smallest absolute Gasteiger partial charge is 0.131 e. The number of fused-ring (bicyclic) bond motifs is 1. The molecule has 4 rings (SSSR count). The van der Waals surface area contributed by atoms with Crippen LogP contribution in [-0.2, 0) is 25.1 Å². The highest BCUT2D eigenvalue weighted by molar-refractivity contribution is 5.50. The lowest BCUT2D eigenvalue weighted by atomic mass is 9.79. The standard InChI is InChI=1S/C27H31NO2/c1-3-4-10-21-15-16-26(30-2)25(17-21)27(29)20-28(18-22-11-6-5-7-12-22)19-23-13-8-9-14-24(23)27/h5-9,11-17,29H,3-4,10,18-20H2,1-2H3. The van der Waals surface area contributed by atoms with Gasteiger partial charge in [0.2, 0.25) is 0 Å². The molecule has 3 heteroatoms. The van der Waals surface area contributed by atoms with Crippen LogP contribution in [0.2, 0.25) is 0 Å². The van der Waals surface area contributed by atoms with Gasteiger partial charge in [-0.2, -0.15) is 0 Å². The van der Waals surface area contributed by atoms with E-state index in [1.54, 1.807) is 7.11 Å². The van der Waals surface area contributed by atoms with Crippen molar-refractivity contribution >= 4 is 0 Å². The Morgan fingerprint density at radius 1 is 0.933 bits per heavy atom. The summed E-state index contributed by atoms with van der Waals surface area (Å²) in [6.45, 7) is 4.36. The zero-order valence-corrected chi connectivity index (χ0v) is 18.0. The van der Waals surface area contributed by atoms with Crippen LogP contribution in [0.4, 0.5) is 0 Å². The first-order valence-electron chi connectivity index (χ1n) is 10.9. The lowest BCUT2D eigenvalue weighted by molar-refractivity contribution is 0.0136. The number of ether oxygens (including phenoxy) is 1. The SMILES string of the molecule is CCCCc1ccc(OC)c(C2(O)CN(Cc3ccccc3)Cc3ccccc32)c1. The number of unbranched alkanes of at least 4 members (excludes halogenated alkanes) is 1. The maximum atomic E-state index is 12.2. The maximum absolute atomic E-state index is 12.2. The molecule has 1 unspecified atom stereocenters. The number of hydrogen-bond acceptors (Lipinski definition) is 3. The number of rotatable bonds is 7. The van der Waals surface area contributed by atoms with E-state index < -0.39 is 5.60 Å². The molecule has 0 aliphatic carbocycles. The van der Waals surface area contributed by atoms with Crippen LogP contribution in [0, 0.1) is 0 Å². The summed E-state index contributed by atoms with van der Waals surface area (Å²) in [7, 11) is 1.68. The van der Waals surface area contributed by atoms with Gasteiger partial charge >= 0.3 is 0 Å². The summed E-state index contributed by atoms with van der Waals surface area (Å²) in [5, 5.41) is 12.2. The normalized spacial score (nSPS) is 18.8. The van der Waals surface area contributed by atoms with Crippen molar-refractivity contribution in [2.45, 2.75) is 44.9 Å².